The average molecular weight is 264 g/mol. The second kappa shape index (κ2) is 6.18. The predicted molar refractivity (Wildman–Crippen MR) is 59.5 cm³/mol. The predicted octanol–water partition coefficient (Wildman–Crippen LogP) is 0.178. The Kier molecular flexibility index (Phi) is 5.54. The normalized spacial score (nSPS) is 14.4. The van der Waals surface area contributed by atoms with E-state index in [1.165, 1.54) is 0 Å². The lowest BCUT2D eigenvalue weighted by Gasteiger charge is -2.22. The molecule has 0 aromatic rings. The van der Waals surface area contributed by atoms with E-state index in [1.807, 2.05) is 5.32 Å². The highest BCUT2D eigenvalue weighted by molar-refractivity contribution is 5.83. The number of aliphatic carboxylic acids is 1. The second-order valence-electron chi connectivity index (χ2n) is 4.64. The van der Waals surface area contributed by atoms with Crippen LogP contribution in [0.2, 0.25) is 0 Å². The van der Waals surface area contributed by atoms with E-state index in [1.54, 1.807) is 20.8 Å². The number of hydrogen-bond acceptors (Lipinski definition) is 4. The first-order chi connectivity index (χ1) is 8.03. The van der Waals surface area contributed by atoms with Gasteiger partial charge in [0.2, 0.25) is 0 Å². The Bertz CT molecular complexity index is 340. The summed E-state index contributed by atoms with van der Waals surface area (Å²) in [7, 11) is 0. The number of nitrogens with two attached hydrogens (primary N) is 1. The van der Waals surface area contributed by atoms with Crippen molar-refractivity contribution in [2.75, 3.05) is 0 Å². The van der Waals surface area contributed by atoms with Gasteiger partial charge in [0.15, 0.2) is 6.17 Å². The SMILES string of the molecule is CC(C)(C)OC(=O)N[C@H](C[C@@H](F)C(N)=O)C(=O)O. The van der Waals surface area contributed by atoms with Crippen LogP contribution in [-0.2, 0) is 14.3 Å². The fourth-order valence-corrected chi connectivity index (χ4v) is 0.994. The molecule has 104 valence electrons. The average Bonchev–Trinajstić information content (AvgIpc) is 2.12. The third-order valence-corrected chi connectivity index (χ3v) is 1.74. The van der Waals surface area contributed by atoms with Gasteiger partial charge in [0.1, 0.15) is 11.6 Å². The number of halogens is 1. The minimum absolute atomic E-state index is 0.746. The molecule has 7 nitrogen and oxygen atoms in total. The van der Waals surface area contributed by atoms with Crippen molar-refractivity contribution in [3.05, 3.63) is 0 Å². The maximum Gasteiger partial charge on any atom is 0.408 e. The fourth-order valence-electron chi connectivity index (χ4n) is 0.994. The molecule has 0 fully saturated rings. The van der Waals surface area contributed by atoms with Gasteiger partial charge in [0.05, 0.1) is 0 Å². The highest BCUT2D eigenvalue weighted by atomic mass is 19.1. The number of nitrogens with one attached hydrogen (secondary N) is 1. The van der Waals surface area contributed by atoms with Gasteiger partial charge in [0.25, 0.3) is 5.91 Å². The molecule has 8 heteroatoms. The van der Waals surface area contributed by atoms with Gasteiger partial charge in [-0.05, 0) is 20.8 Å². The van der Waals surface area contributed by atoms with Crippen molar-refractivity contribution in [1.29, 1.82) is 0 Å². The standard InChI is InChI=1S/C10H17FN2O5/c1-10(2,3)18-9(17)13-6(8(15)16)4-5(11)7(12)14/h5-6H,4H2,1-3H3,(H2,12,14)(H,13,17)(H,15,16)/t5-,6-/m1/s1. The van der Waals surface area contributed by atoms with E-state index in [-0.39, 0.29) is 0 Å². The van der Waals surface area contributed by atoms with Crippen LogP contribution >= 0.6 is 0 Å². The van der Waals surface area contributed by atoms with Crippen molar-refractivity contribution in [2.45, 2.75) is 45.0 Å². The largest absolute Gasteiger partial charge is 0.480 e. The molecule has 0 bridgehead atoms. The number of alkyl halides is 1. The first-order valence-electron chi connectivity index (χ1n) is 5.18. The number of hydrogen-bond donors (Lipinski definition) is 3. The second-order valence-corrected chi connectivity index (χ2v) is 4.64. The van der Waals surface area contributed by atoms with Crippen molar-refractivity contribution in [2.24, 2.45) is 5.73 Å². The maximum absolute atomic E-state index is 13.0. The molecule has 18 heavy (non-hydrogen) atoms. The van der Waals surface area contributed by atoms with Gasteiger partial charge in [-0.1, -0.05) is 0 Å². The summed E-state index contributed by atoms with van der Waals surface area (Å²) in [6, 6.07) is -1.58. The fraction of sp³-hybridized carbons (Fsp3) is 0.700. The minimum atomic E-state index is -2.15. The van der Waals surface area contributed by atoms with E-state index in [0.717, 1.165) is 0 Å². The lowest BCUT2D eigenvalue weighted by molar-refractivity contribution is -0.140. The number of ether oxygens (including phenoxy) is 1. The molecular weight excluding hydrogens is 247 g/mol. The van der Waals surface area contributed by atoms with E-state index >= 15 is 0 Å². The molecule has 0 saturated heterocycles. The molecule has 0 aliphatic carbocycles. The summed E-state index contributed by atoms with van der Waals surface area (Å²) in [6.45, 7) is 4.76. The van der Waals surface area contributed by atoms with Crippen molar-refractivity contribution < 1.29 is 28.6 Å². The quantitative estimate of drug-likeness (QED) is 0.654. The molecule has 0 radical (unpaired) electrons. The highest BCUT2D eigenvalue weighted by Crippen LogP contribution is 2.08. The van der Waals surface area contributed by atoms with Gasteiger partial charge >= 0.3 is 12.1 Å². The zero-order valence-corrected chi connectivity index (χ0v) is 10.4. The van der Waals surface area contributed by atoms with Crippen molar-refractivity contribution in [3.63, 3.8) is 0 Å². The summed E-state index contributed by atoms with van der Waals surface area (Å²) in [5, 5.41) is 10.7. The molecule has 4 N–H and O–H groups in total. The summed E-state index contributed by atoms with van der Waals surface area (Å²) >= 11 is 0. The molecular formula is C10H17FN2O5. The third kappa shape index (κ3) is 6.66. The lowest BCUT2D eigenvalue weighted by Crippen LogP contribution is -2.46. The number of alkyl carbamates (subject to hydrolysis) is 1. The zero-order chi connectivity index (χ0) is 14.5. The molecule has 0 aliphatic rings. The van der Waals surface area contributed by atoms with Gasteiger partial charge in [-0.15, -0.1) is 0 Å². The van der Waals surface area contributed by atoms with Crippen LogP contribution < -0.4 is 11.1 Å². The monoisotopic (exact) mass is 264 g/mol. The molecule has 0 rings (SSSR count). The molecule has 0 spiro atoms. The molecule has 0 heterocycles. The van der Waals surface area contributed by atoms with Crippen LogP contribution in [0.15, 0.2) is 0 Å². The smallest absolute Gasteiger partial charge is 0.408 e. The Hall–Kier alpha value is -1.86. The van der Waals surface area contributed by atoms with Crippen LogP contribution in [0.3, 0.4) is 0 Å². The van der Waals surface area contributed by atoms with E-state index in [0.29, 0.717) is 0 Å². The van der Waals surface area contributed by atoms with Crippen LogP contribution in [-0.4, -0.2) is 40.9 Å². The van der Waals surface area contributed by atoms with E-state index in [2.05, 4.69) is 5.73 Å². The van der Waals surface area contributed by atoms with Gasteiger partial charge < -0.3 is 20.9 Å². The zero-order valence-electron chi connectivity index (χ0n) is 10.4. The summed E-state index contributed by atoms with van der Waals surface area (Å²) in [5.41, 5.74) is 3.85. The van der Waals surface area contributed by atoms with E-state index in [9.17, 15) is 18.8 Å². The topological polar surface area (TPSA) is 119 Å². The van der Waals surface area contributed by atoms with Crippen molar-refractivity contribution in [1.82, 2.24) is 5.32 Å². The van der Waals surface area contributed by atoms with E-state index < -0.39 is 42.2 Å². The maximum atomic E-state index is 13.0. The van der Waals surface area contributed by atoms with Gasteiger partial charge in [-0.25, -0.2) is 14.0 Å². The van der Waals surface area contributed by atoms with Crippen LogP contribution in [0.1, 0.15) is 27.2 Å². The van der Waals surface area contributed by atoms with Crippen LogP contribution in [0, 0.1) is 0 Å². The minimum Gasteiger partial charge on any atom is -0.480 e. The third-order valence-electron chi connectivity index (χ3n) is 1.74. The van der Waals surface area contributed by atoms with Crippen LogP contribution in [0.25, 0.3) is 0 Å². The number of carboxylic acids is 1. The molecule has 0 saturated carbocycles. The number of carbonyl (C=O) groups excluding carboxylic acids is 2. The van der Waals surface area contributed by atoms with Crippen molar-refractivity contribution in [3.8, 4) is 0 Å². The summed E-state index contributed by atoms with van der Waals surface area (Å²) in [4.78, 5) is 32.5. The summed E-state index contributed by atoms with van der Waals surface area (Å²) < 4.78 is 17.8. The van der Waals surface area contributed by atoms with Gasteiger partial charge in [0, 0.05) is 6.42 Å². The van der Waals surface area contributed by atoms with Crippen molar-refractivity contribution >= 4 is 18.0 Å². The van der Waals surface area contributed by atoms with E-state index in [4.69, 9.17) is 9.84 Å². The van der Waals surface area contributed by atoms with Gasteiger partial charge in [-0.2, -0.15) is 0 Å². The Balaban J connectivity index is 4.50. The number of primary amides is 1. The molecule has 0 aromatic heterocycles. The Morgan fingerprint density at radius 1 is 1.39 bits per heavy atom. The Morgan fingerprint density at radius 2 is 1.89 bits per heavy atom. The van der Waals surface area contributed by atoms with Crippen LogP contribution in [0.5, 0.6) is 0 Å². The van der Waals surface area contributed by atoms with Crippen LogP contribution in [0.4, 0.5) is 9.18 Å². The molecule has 2 amide bonds. The number of carbonyl (C=O) groups is 3. The molecule has 0 unspecified atom stereocenters. The first kappa shape index (κ1) is 16.1. The lowest BCUT2D eigenvalue weighted by atomic mass is 10.1. The molecule has 2 atom stereocenters. The summed E-state index contributed by atoms with van der Waals surface area (Å²) in [5.74, 6) is -2.77. The number of carboxylic acid groups (broad SMARTS) is 1. The highest BCUT2D eigenvalue weighted by Gasteiger charge is 2.28. The molecule has 0 aromatic carbocycles. The Labute approximate surface area is 103 Å². The summed E-state index contributed by atoms with van der Waals surface area (Å²) in [6.07, 6.45) is -3.91. The number of rotatable bonds is 5. The van der Waals surface area contributed by atoms with Gasteiger partial charge in [-0.3, -0.25) is 4.79 Å². The number of amides is 2. The first-order valence-corrected chi connectivity index (χ1v) is 5.18. The molecule has 0 aliphatic heterocycles. The Morgan fingerprint density at radius 3 is 2.22 bits per heavy atom.